The molecule has 11 heteroatoms. The second kappa shape index (κ2) is 14.5. The molecule has 1 saturated heterocycles. The van der Waals surface area contributed by atoms with Gasteiger partial charge in [-0.25, -0.2) is 9.97 Å². The van der Waals surface area contributed by atoms with Gasteiger partial charge in [0.2, 0.25) is 18.4 Å². The zero-order chi connectivity index (χ0) is 32.8. The number of carbonyl (C=O) groups excluding carboxylic acids is 1. The van der Waals surface area contributed by atoms with E-state index >= 15 is 0 Å². The van der Waals surface area contributed by atoms with Crippen LogP contribution in [-0.4, -0.2) is 97.1 Å². The molecule has 3 heterocycles. The maximum absolute atomic E-state index is 14.2. The van der Waals surface area contributed by atoms with Crippen molar-refractivity contribution in [3.8, 4) is 17.2 Å². The van der Waals surface area contributed by atoms with E-state index in [-0.39, 0.29) is 19.2 Å². The Morgan fingerprint density at radius 1 is 1.11 bits per heavy atom. The molecule has 1 fully saturated rings. The number of carboxylic acids is 1. The number of aliphatic carboxylic acids is 1. The number of ether oxygens (including phenoxy) is 3. The number of aryl methyl sites for hydroxylation is 1. The summed E-state index contributed by atoms with van der Waals surface area (Å²) in [7, 11) is 7.99. The van der Waals surface area contributed by atoms with Gasteiger partial charge in [0, 0.05) is 55.1 Å². The third kappa shape index (κ3) is 7.76. The molecule has 46 heavy (non-hydrogen) atoms. The van der Waals surface area contributed by atoms with Gasteiger partial charge in [-0.15, -0.1) is 0 Å². The van der Waals surface area contributed by atoms with Gasteiger partial charge < -0.3 is 28.7 Å². The largest absolute Gasteiger partial charge is 0.493 e. The van der Waals surface area contributed by atoms with Crippen LogP contribution >= 0.6 is 0 Å². The number of likely N-dealkylation sites (tertiary alicyclic amines) is 1. The lowest BCUT2D eigenvalue weighted by Gasteiger charge is -2.30. The average Bonchev–Trinajstić information content (AvgIpc) is 3.64. The third-order valence-electron chi connectivity index (χ3n) is 8.68. The fourth-order valence-corrected chi connectivity index (χ4v) is 6.63. The van der Waals surface area contributed by atoms with Crippen molar-refractivity contribution >= 4 is 17.6 Å². The van der Waals surface area contributed by atoms with Crippen molar-refractivity contribution in [2.75, 3.05) is 59.6 Å². The van der Waals surface area contributed by atoms with Gasteiger partial charge in [-0.05, 0) is 48.7 Å². The first kappa shape index (κ1) is 33.2. The fraction of sp³-hybridized carbons (Fsp3) is 0.486. The Morgan fingerprint density at radius 2 is 1.89 bits per heavy atom. The van der Waals surface area contributed by atoms with Gasteiger partial charge >= 0.3 is 5.97 Å². The highest BCUT2D eigenvalue weighted by Gasteiger charge is 2.47. The number of amides is 1. The van der Waals surface area contributed by atoms with Crippen molar-refractivity contribution in [1.29, 1.82) is 0 Å². The first-order valence-electron chi connectivity index (χ1n) is 16.0. The van der Waals surface area contributed by atoms with Crippen molar-refractivity contribution in [2.24, 2.45) is 5.92 Å². The summed E-state index contributed by atoms with van der Waals surface area (Å²) < 4.78 is 17.6. The quantitative estimate of drug-likeness (QED) is 0.259. The van der Waals surface area contributed by atoms with Crippen LogP contribution in [0, 0.1) is 5.92 Å². The van der Waals surface area contributed by atoms with Crippen LogP contribution in [0.25, 0.3) is 0 Å². The van der Waals surface area contributed by atoms with Gasteiger partial charge in [0.05, 0.1) is 40.7 Å². The Kier molecular flexibility index (Phi) is 10.4. The number of nitrogens with zero attached hydrogens (tertiary/aromatic N) is 5. The Bertz CT molecular complexity index is 1510. The SMILES string of the molecule is CCCCN(C(=O)CN1CC(c2cc(OC)c3c(c2)OCO3)C(C(=O)O)C1CCc1ncccn1)c1cccc(C[N+](C)(C)C)c1. The number of quaternary nitrogens is 1. The highest BCUT2D eigenvalue weighted by Crippen LogP contribution is 2.47. The van der Waals surface area contributed by atoms with Crippen LogP contribution in [0.3, 0.4) is 0 Å². The molecule has 2 aromatic carbocycles. The minimum atomic E-state index is -0.911. The van der Waals surface area contributed by atoms with E-state index in [9.17, 15) is 14.7 Å². The molecule has 3 unspecified atom stereocenters. The summed E-state index contributed by atoms with van der Waals surface area (Å²) in [5.74, 6) is 0.0334. The zero-order valence-electron chi connectivity index (χ0n) is 27.5. The van der Waals surface area contributed by atoms with E-state index in [4.69, 9.17) is 14.2 Å². The molecule has 0 saturated carbocycles. The number of unbranched alkanes of at least 4 members (excludes halogenated alkanes) is 1. The van der Waals surface area contributed by atoms with Gasteiger partial charge in [-0.1, -0.05) is 25.5 Å². The molecule has 1 aromatic heterocycles. The molecule has 246 valence electrons. The van der Waals surface area contributed by atoms with Crippen molar-refractivity contribution in [2.45, 2.75) is 51.1 Å². The summed E-state index contributed by atoms with van der Waals surface area (Å²) in [5, 5.41) is 10.7. The maximum Gasteiger partial charge on any atom is 0.308 e. The number of carbonyl (C=O) groups is 2. The monoisotopic (exact) mass is 632 g/mol. The van der Waals surface area contributed by atoms with Crippen molar-refractivity contribution in [3.05, 3.63) is 71.8 Å². The molecule has 1 amide bonds. The number of benzene rings is 2. The van der Waals surface area contributed by atoms with Crippen molar-refractivity contribution in [1.82, 2.24) is 14.9 Å². The Morgan fingerprint density at radius 3 is 2.59 bits per heavy atom. The molecule has 1 N–H and O–H groups in total. The van der Waals surface area contributed by atoms with Crippen LogP contribution in [0.1, 0.15) is 49.1 Å². The van der Waals surface area contributed by atoms with Crippen LogP contribution in [0.15, 0.2) is 54.9 Å². The molecular weight excluding hydrogens is 586 g/mol. The third-order valence-corrected chi connectivity index (χ3v) is 8.68. The standard InChI is InChI=1S/C35H45N5O6/c1-6-7-16-39(26-11-8-10-24(17-26)22-40(2,3)4)32(41)21-38-20-27(25-18-29(44-5)34-30(19-25)45-23-46-34)33(35(42)43)28(38)12-13-31-36-14-9-15-37-31/h8-11,14-15,17-19,27-28,33H,6-7,12-13,16,20-23H2,1-5H3/p+1. The van der Waals surface area contributed by atoms with Crippen molar-refractivity contribution < 1.29 is 33.4 Å². The Balaban J connectivity index is 1.47. The van der Waals surface area contributed by atoms with E-state index in [0.29, 0.717) is 49.0 Å². The summed E-state index contributed by atoms with van der Waals surface area (Å²) in [4.78, 5) is 39.9. The van der Waals surface area contributed by atoms with Crippen molar-refractivity contribution in [3.63, 3.8) is 0 Å². The molecule has 0 aliphatic carbocycles. The average molecular weight is 633 g/mol. The predicted molar refractivity (Wildman–Crippen MR) is 174 cm³/mol. The number of methoxy groups -OCH3 is 1. The number of fused-ring (bicyclic) bond motifs is 1. The van der Waals surface area contributed by atoms with E-state index in [1.807, 2.05) is 34.1 Å². The number of hydrogen-bond acceptors (Lipinski definition) is 8. The number of carboxylic acid groups (broad SMARTS) is 1. The molecule has 2 aliphatic rings. The van der Waals surface area contributed by atoms with Gasteiger partial charge in [-0.2, -0.15) is 0 Å². The Labute approximate surface area is 271 Å². The van der Waals surface area contributed by atoms with Gasteiger partial charge in [0.1, 0.15) is 12.4 Å². The normalized spacial score (nSPS) is 19.3. The second-order valence-corrected chi connectivity index (χ2v) is 13.1. The molecule has 5 rings (SSSR count). The minimum Gasteiger partial charge on any atom is -0.493 e. The summed E-state index contributed by atoms with van der Waals surface area (Å²) in [6, 6.07) is 13.2. The summed E-state index contributed by atoms with van der Waals surface area (Å²) in [6.07, 6.45) is 6.16. The van der Waals surface area contributed by atoms with E-state index in [0.717, 1.165) is 40.7 Å². The lowest BCUT2D eigenvalue weighted by molar-refractivity contribution is -0.884. The van der Waals surface area contributed by atoms with E-state index < -0.39 is 23.8 Å². The fourth-order valence-electron chi connectivity index (χ4n) is 6.63. The van der Waals surface area contributed by atoms with Crippen LogP contribution in [0.2, 0.25) is 0 Å². The molecule has 11 nitrogen and oxygen atoms in total. The van der Waals surface area contributed by atoms with Gasteiger partial charge in [-0.3, -0.25) is 14.5 Å². The highest BCUT2D eigenvalue weighted by atomic mass is 16.7. The van der Waals surface area contributed by atoms with Crippen LogP contribution in [-0.2, 0) is 22.6 Å². The number of hydrogen-bond donors (Lipinski definition) is 1. The topological polar surface area (TPSA) is 114 Å². The smallest absolute Gasteiger partial charge is 0.308 e. The second-order valence-electron chi connectivity index (χ2n) is 13.1. The molecule has 3 aromatic rings. The van der Waals surface area contributed by atoms with Gasteiger partial charge in [0.25, 0.3) is 0 Å². The first-order valence-corrected chi connectivity index (χ1v) is 16.0. The lowest BCUT2D eigenvalue weighted by Crippen LogP contribution is -2.44. The predicted octanol–water partition coefficient (Wildman–Crippen LogP) is 4.35. The summed E-state index contributed by atoms with van der Waals surface area (Å²) in [5.41, 5.74) is 2.80. The maximum atomic E-state index is 14.2. The molecule has 3 atom stereocenters. The van der Waals surface area contributed by atoms with Gasteiger partial charge in [0.15, 0.2) is 11.5 Å². The highest BCUT2D eigenvalue weighted by molar-refractivity contribution is 5.95. The lowest BCUT2D eigenvalue weighted by atomic mass is 9.83. The van der Waals surface area contributed by atoms with E-state index in [2.05, 4.69) is 50.2 Å². The van der Waals surface area contributed by atoms with Crippen LogP contribution in [0.5, 0.6) is 17.2 Å². The number of anilines is 1. The number of aromatic nitrogens is 2. The minimum absolute atomic E-state index is 0.0511. The first-order chi connectivity index (χ1) is 22.1. The van der Waals surface area contributed by atoms with E-state index in [1.165, 1.54) is 0 Å². The zero-order valence-corrected chi connectivity index (χ0v) is 27.5. The molecule has 0 radical (unpaired) electrons. The summed E-state index contributed by atoms with van der Waals surface area (Å²) in [6.45, 7) is 4.08. The molecule has 0 spiro atoms. The Hall–Kier alpha value is -4.22. The van der Waals surface area contributed by atoms with Crippen LogP contribution < -0.4 is 19.1 Å². The summed E-state index contributed by atoms with van der Waals surface area (Å²) >= 11 is 0. The molecule has 2 aliphatic heterocycles. The van der Waals surface area contributed by atoms with Crippen LogP contribution in [0.4, 0.5) is 5.69 Å². The van der Waals surface area contributed by atoms with E-state index in [1.54, 1.807) is 25.6 Å². The number of rotatable bonds is 14. The molecular formula is C35H46N5O6+. The molecule has 0 bridgehead atoms.